The molecule has 0 N–H and O–H groups in total. The molecule has 4 heterocycles. The van der Waals surface area contributed by atoms with E-state index in [1.165, 1.54) is 11.8 Å². The van der Waals surface area contributed by atoms with E-state index in [1.54, 1.807) is 6.92 Å². The second-order valence-electron chi connectivity index (χ2n) is 10.6. The van der Waals surface area contributed by atoms with Crippen LogP contribution in [0.5, 0.6) is 5.88 Å². The van der Waals surface area contributed by atoms with Crippen molar-refractivity contribution in [2.24, 2.45) is 0 Å². The summed E-state index contributed by atoms with van der Waals surface area (Å²) >= 11 is 0. The fraction of sp³-hybridized carbons (Fsp3) is 0.429. The predicted octanol–water partition coefficient (Wildman–Crippen LogP) is 7.23. The molecule has 46 heavy (non-hydrogen) atoms. The van der Waals surface area contributed by atoms with Crippen LogP contribution in [-0.2, 0) is 29.8 Å². The van der Waals surface area contributed by atoms with Gasteiger partial charge in [0.1, 0.15) is 12.3 Å². The van der Waals surface area contributed by atoms with Gasteiger partial charge < -0.3 is 14.4 Å². The van der Waals surface area contributed by atoms with E-state index in [0.29, 0.717) is 18.3 Å². The van der Waals surface area contributed by atoms with Crippen LogP contribution in [0.2, 0.25) is 0 Å². The first-order valence-electron chi connectivity index (χ1n) is 13.6. The molecule has 8 nitrogen and oxygen atoms in total. The molecule has 2 fully saturated rings. The molecule has 2 unspecified atom stereocenters. The number of carbonyl (C=O) groups is 1. The summed E-state index contributed by atoms with van der Waals surface area (Å²) in [6.45, 7) is 2.15. The van der Waals surface area contributed by atoms with Gasteiger partial charge in [-0.1, -0.05) is 0 Å². The number of hydrogen-bond donors (Lipinski definition) is 0. The summed E-state index contributed by atoms with van der Waals surface area (Å²) in [5, 5.41) is 0. The molecule has 0 aliphatic carbocycles. The number of nitrogens with zero attached hydrogens (tertiary/aromatic N) is 5. The Balaban J connectivity index is 1.57. The lowest BCUT2D eigenvalue weighted by Gasteiger charge is -2.34. The monoisotopic (exact) mass is 667 g/mol. The van der Waals surface area contributed by atoms with Crippen molar-refractivity contribution >= 4 is 12.0 Å². The standard InChI is InChI=1S/C28H23F10N5O3/c1-3-45-23-19(7-17(8-39-23)28(36,37)38)20-9-40-24(42-10-18(29)11-42)41-21(20)12-43-13(2)22(46-25(43)44)14-4-15(26(30,31)32)6-16(5-14)27(33,34)35/h4-9,13,18,22H,3,10-12H2,1-2H3. The molecule has 2 atom stereocenters. The van der Waals surface area contributed by atoms with Gasteiger partial charge in [0.25, 0.3) is 0 Å². The third kappa shape index (κ3) is 6.60. The van der Waals surface area contributed by atoms with E-state index < -0.39 is 71.7 Å². The van der Waals surface area contributed by atoms with E-state index in [9.17, 15) is 48.7 Å². The van der Waals surface area contributed by atoms with Gasteiger partial charge in [-0.05, 0) is 43.7 Å². The first-order valence-corrected chi connectivity index (χ1v) is 13.6. The average molecular weight is 668 g/mol. The molecule has 5 rings (SSSR count). The summed E-state index contributed by atoms with van der Waals surface area (Å²) in [4.78, 5) is 27.7. The number of ether oxygens (including phenoxy) is 2. The van der Waals surface area contributed by atoms with Gasteiger partial charge in [-0.2, -0.15) is 39.5 Å². The minimum atomic E-state index is -5.15. The van der Waals surface area contributed by atoms with Crippen molar-refractivity contribution < 1.29 is 58.2 Å². The minimum absolute atomic E-state index is 0.000622. The van der Waals surface area contributed by atoms with Crippen molar-refractivity contribution in [1.82, 2.24) is 19.9 Å². The van der Waals surface area contributed by atoms with Crippen LogP contribution in [0, 0.1) is 0 Å². The predicted molar refractivity (Wildman–Crippen MR) is 139 cm³/mol. The highest BCUT2D eigenvalue weighted by atomic mass is 19.4. The smallest absolute Gasteiger partial charge is 0.417 e. The Labute approximate surface area is 254 Å². The molecule has 2 saturated heterocycles. The van der Waals surface area contributed by atoms with Crippen LogP contribution in [0.4, 0.5) is 54.6 Å². The Morgan fingerprint density at radius 2 is 1.48 bits per heavy atom. The number of hydrogen-bond acceptors (Lipinski definition) is 7. The molecule has 0 saturated carbocycles. The molecule has 3 aromatic rings. The maximum atomic E-state index is 13.6. The van der Waals surface area contributed by atoms with Gasteiger partial charge in [0.2, 0.25) is 11.8 Å². The van der Waals surface area contributed by atoms with Gasteiger partial charge in [0, 0.05) is 23.5 Å². The van der Waals surface area contributed by atoms with Crippen LogP contribution in [0.3, 0.4) is 0 Å². The zero-order valence-corrected chi connectivity index (χ0v) is 23.8. The number of amides is 1. The fourth-order valence-corrected chi connectivity index (χ4v) is 5.01. The quantitative estimate of drug-likeness (QED) is 0.246. The van der Waals surface area contributed by atoms with Crippen LogP contribution in [0.15, 0.2) is 36.7 Å². The maximum Gasteiger partial charge on any atom is 0.417 e. The second-order valence-corrected chi connectivity index (χ2v) is 10.6. The largest absolute Gasteiger partial charge is 0.478 e. The Morgan fingerprint density at radius 3 is 2.02 bits per heavy atom. The van der Waals surface area contributed by atoms with Crippen LogP contribution in [0.25, 0.3) is 11.1 Å². The molecule has 0 spiro atoms. The van der Waals surface area contributed by atoms with Crippen LogP contribution >= 0.6 is 0 Å². The zero-order chi connectivity index (χ0) is 33.8. The first-order chi connectivity index (χ1) is 21.4. The number of pyridine rings is 1. The number of rotatable bonds is 7. The number of benzene rings is 1. The van der Waals surface area contributed by atoms with E-state index in [0.717, 1.165) is 17.2 Å². The van der Waals surface area contributed by atoms with Gasteiger partial charge in [-0.3, -0.25) is 4.90 Å². The molecule has 2 aliphatic rings. The summed E-state index contributed by atoms with van der Waals surface area (Å²) in [5.41, 5.74) is -5.34. The van der Waals surface area contributed by atoms with Crippen molar-refractivity contribution in [2.45, 2.75) is 57.2 Å². The van der Waals surface area contributed by atoms with Crippen molar-refractivity contribution in [3.63, 3.8) is 0 Å². The normalized spacial score (nSPS) is 19.3. The Kier molecular flexibility index (Phi) is 8.44. The number of aromatic nitrogens is 3. The van der Waals surface area contributed by atoms with E-state index in [4.69, 9.17) is 9.47 Å². The van der Waals surface area contributed by atoms with Gasteiger partial charge in [-0.25, -0.2) is 24.1 Å². The van der Waals surface area contributed by atoms with Crippen LogP contribution in [0.1, 0.15) is 47.9 Å². The van der Waals surface area contributed by atoms with Crippen molar-refractivity contribution in [3.05, 3.63) is 64.6 Å². The first kappa shape index (κ1) is 33.0. The molecule has 18 heteroatoms. The zero-order valence-electron chi connectivity index (χ0n) is 23.8. The molecule has 2 aromatic heterocycles. The number of alkyl halides is 10. The molecule has 0 radical (unpaired) electrons. The van der Waals surface area contributed by atoms with Gasteiger partial charge in [0.05, 0.1) is 54.7 Å². The highest BCUT2D eigenvalue weighted by Gasteiger charge is 2.44. The van der Waals surface area contributed by atoms with Crippen molar-refractivity contribution in [3.8, 4) is 17.0 Å². The summed E-state index contributed by atoms with van der Waals surface area (Å²) in [7, 11) is 0. The molecule has 1 amide bonds. The molecule has 2 aliphatic heterocycles. The Morgan fingerprint density at radius 1 is 0.870 bits per heavy atom. The highest BCUT2D eigenvalue weighted by Crippen LogP contribution is 2.42. The fourth-order valence-electron chi connectivity index (χ4n) is 5.01. The summed E-state index contributed by atoms with van der Waals surface area (Å²) in [5.74, 6) is -0.269. The topological polar surface area (TPSA) is 80.7 Å². The minimum Gasteiger partial charge on any atom is -0.478 e. The van der Waals surface area contributed by atoms with E-state index in [1.807, 2.05) is 0 Å². The molecule has 0 bridgehead atoms. The SMILES string of the molecule is CCOc1ncc(C(F)(F)F)cc1-c1cnc(N2CC(F)C2)nc1CN1C(=O)OC(c2cc(C(F)(F)F)cc(C(F)(F)F)c2)C1C. The van der Waals surface area contributed by atoms with Crippen LogP contribution < -0.4 is 9.64 Å². The lowest BCUT2D eigenvalue weighted by atomic mass is 9.97. The van der Waals surface area contributed by atoms with Crippen molar-refractivity contribution in [1.29, 1.82) is 0 Å². The maximum absolute atomic E-state index is 13.6. The average Bonchev–Trinajstić information content (AvgIpc) is 3.22. The van der Waals surface area contributed by atoms with Gasteiger partial charge in [-0.15, -0.1) is 0 Å². The molecule has 1 aromatic carbocycles. The Bertz CT molecular complexity index is 1590. The highest BCUT2D eigenvalue weighted by molar-refractivity contribution is 5.74. The van der Waals surface area contributed by atoms with Gasteiger partial charge in [0.15, 0.2) is 0 Å². The molecular weight excluding hydrogens is 644 g/mol. The van der Waals surface area contributed by atoms with E-state index >= 15 is 0 Å². The van der Waals surface area contributed by atoms with E-state index in [-0.39, 0.29) is 54.4 Å². The van der Waals surface area contributed by atoms with Crippen molar-refractivity contribution in [2.75, 3.05) is 24.6 Å². The third-order valence-corrected chi connectivity index (χ3v) is 7.38. The van der Waals surface area contributed by atoms with E-state index in [2.05, 4.69) is 15.0 Å². The Hall–Kier alpha value is -4.38. The van der Waals surface area contributed by atoms with Crippen LogP contribution in [-0.4, -0.2) is 57.9 Å². The molecule has 248 valence electrons. The third-order valence-electron chi connectivity index (χ3n) is 7.38. The lowest BCUT2D eigenvalue weighted by Crippen LogP contribution is -2.49. The van der Waals surface area contributed by atoms with Gasteiger partial charge >= 0.3 is 24.6 Å². The number of halogens is 10. The summed E-state index contributed by atoms with van der Waals surface area (Å²) < 4.78 is 146. The lowest BCUT2D eigenvalue weighted by molar-refractivity contribution is -0.143. The summed E-state index contributed by atoms with van der Waals surface area (Å²) in [6, 6.07) is 0.377. The second kappa shape index (κ2) is 11.8. The number of cyclic esters (lactones) is 1. The number of anilines is 1. The number of carbonyl (C=O) groups excluding carboxylic acids is 1. The molecular formula is C28H23F10N5O3. The summed E-state index contributed by atoms with van der Waals surface area (Å²) in [6.07, 6.45) is -17.4.